The molecule has 0 spiro atoms. The Morgan fingerprint density at radius 3 is 1.38 bits per heavy atom. The number of hydrogen-bond acceptors (Lipinski definition) is 1. The van der Waals surface area contributed by atoms with Gasteiger partial charge in [-0.25, -0.2) is 0 Å². The van der Waals surface area contributed by atoms with Crippen LogP contribution >= 0.6 is 0 Å². The largest absolute Gasteiger partial charge is 0.310 e. The number of hydrogen-bond donors (Lipinski definition) is 0. The van der Waals surface area contributed by atoms with E-state index in [1.807, 2.05) is 0 Å². The molecular formula is C46H33N. The summed E-state index contributed by atoms with van der Waals surface area (Å²) in [5.41, 5.74) is 12.9. The summed E-state index contributed by atoms with van der Waals surface area (Å²) in [7, 11) is 0. The second-order valence-corrected chi connectivity index (χ2v) is 11.8. The number of fused-ring (bicyclic) bond motifs is 1. The van der Waals surface area contributed by atoms with Gasteiger partial charge in [0.15, 0.2) is 0 Å². The first-order chi connectivity index (χ1) is 23.3. The van der Waals surface area contributed by atoms with E-state index in [2.05, 4.69) is 205 Å². The summed E-state index contributed by atoms with van der Waals surface area (Å²) in [5.74, 6) is 0. The van der Waals surface area contributed by atoms with Gasteiger partial charge >= 0.3 is 0 Å². The van der Waals surface area contributed by atoms with E-state index >= 15 is 0 Å². The molecule has 0 amide bonds. The number of rotatable bonds is 7. The molecule has 0 fully saturated rings. The second kappa shape index (κ2) is 12.7. The normalized spacial score (nSPS) is 11.0. The summed E-state index contributed by atoms with van der Waals surface area (Å²) in [4.78, 5) is 2.40. The Kier molecular flexibility index (Phi) is 7.63. The van der Waals surface area contributed by atoms with Crippen LogP contribution in [0.5, 0.6) is 0 Å². The Bertz CT molecular complexity index is 2290. The van der Waals surface area contributed by atoms with Crippen LogP contribution in [0.15, 0.2) is 200 Å². The molecule has 1 heteroatoms. The van der Waals surface area contributed by atoms with Gasteiger partial charge < -0.3 is 4.90 Å². The van der Waals surface area contributed by atoms with Gasteiger partial charge in [-0.3, -0.25) is 0 Å². The molecule has 0 bridgehead atoms. The van der Waals surface area contributed by atoms with Crippen LogP contribution in [0.25, 0.3) is 55.3 Å². The van der Waals surface area contributed by atoms with E-state index in [0.717, 1.165) is 17.1 Å². The van der Waals surface area contributed by atoms with Crippen LogP contribution in [0, 0.1) is 0 Å². The standard InChI is InChI=1S/C46H33N/c1-3-13-34(14-4-1)37-25-28-38(29-26-37)45-23-9-10-24-46(45)47(43-21-11-19-40(32-43)35-15-5-2-6-16-35)44-22-12-20-41(33-44)42-30-27-36-17-7-8-18-39(36)31-42/h1-33H. The average molecular weight is 600 g/mol. The summed E-state index contributed by atoms with van der Waals surface area (Å²) >= 11 is 0. The van der Waals surface area contributed by atoms with E-state index in [1.54, 1.807) is 0 Å². The van der Waals surface area contributed by atoms with Crippen molar-refractivity contribution in [2.24, 2.45) is 0 Å². The van der Waals surface area contributed by atoms with Crippen molar-refractivity contribution in [2.45, 2.75) is 0 Å². The molecular weight excluding hydrogens is 567 g/mol. The SMILES string of the molecule is c1ccc(-c2ccc(-c3ccccc3N(c3cccc(-c4ccccc4)c3)c3cccc(-c4ccc5ccccc5c4)c3)cc2)cc1. The Morgan fingerprint density at radius 2 is 0.702 bits per heavy atom. The maximum absolute atomic E-state index is 2.40. The van der Waals surface area contributed by atoms with Crippen molar-refractivity contribution in [3.63, 3.8) is 0 Å². The highest BCUT2D eigenvalue weighted by molar-refractivity contribution is 5.92. The monoisotopic (exact) mass is 599 g/mol. The minimum Gasteiger partial charge on any atom is -0.310 e. The predicted molar refractivity (Wildman–Crippen MR) is 200 cm³/mol. The first-order valence-corrected chi connectivity index (χ1v) is 16.1. The van der Waals surface area contributed by atoms with Gasteiger partial charge in [0.05, 0.1) is 5.69 Å². The van der Waals surface area contributed by atoms with Crippen LogP contribution in [-0.4, -0.2) is 0 Å². The molecule has 0 aromatic heterocycles. The molecule has 222 valence electrons. The van der Waals surface area contributed by atoms with Gasteiger partial charge in [-0.1, -0.05) is 164 Å². The third-order valence-electron chi connectivity index (χ3n) is 8.85. The van der Waals surface area contributed by atoms with Gasteiger partial charge in [0.25, 0.3) is 0 Å². The summed E-state index contributed by atoms with van der Waals surface area (Å²) in [6.45, 7) is 0. The third kappa shape index (κ3) is 5.83. The molecule has 0 aliphatic heterocycles. The smallest absolute Gasteiger partial charge is 0.0540 e. The number of nitrogens with zero attached hydrogens (tertiary/aromatic N) is 1. The van der Waals surface area contributed by atoms with E-state index in [-0.39, 0.29) is 0 Å². The molecule has 1 nitrogen and oxygen atoms in total. The maximum Gasteiger partial charge on any atom is 0.0540 e. The molecule has 0 unspecified atom stereocenters. The Morgan fingerprint density at radius 1 is 0.255 bits per heavy atom. The summed E-state index contributed by atoms with van der Waals surface area (Å²) in [6, 6.07) is 71.9. The van der Waals surface area contributed by atoms with Crippen LogP contribution in [0.4, 0.5) is 17.1 Å². The zero-order valence-electron chi connectivity index (χ0n) is 26.0. The summed E-state index contributed by atoms with van der Waals surface area (Å²) in [5, 5.41) is 2.49. The topological polar surface area (TPSA) is 3.24 Å². The highest BCUT2D eigenvalue weighted by atomic mass is 15.1. The lowest BCUT2D eigenvalue weighted by molar-refractivity contribution is 1.28. The lowest BCUT2D eigenvalue weighted by Gasteiger charge is -2.29. The molecule has 0 saturated heterocycles. The summed E-state index contributed by atoms with van der Waals surface area (Å²) < 4.78 is 0. The Hall–Kier alpha value is -6.18. The molecule has 0 N–H and O–H groups in total. The molecule has 0 atom stereocenters. The fourth-order valence-corrected chi connectivity index (χ4v) is 6.46. The van der Waals surface area contributed by atoms with Crippen LogP contribution < -0.4 is 4.90 Å². The molecule has 0 aliphatic rings. The van der Waals surface area contributed by atoms with Gasteiger partial charge in [0.2, 0.25) is 0 Å². The number of benzene rings is 8. The van der Waals surface area contributed by atoms with Crippen molar-refractivity contribution < 1.29 is 0 Å². The fraction of sp³-hybridized carbons (Fsp3) is 0. The van der Waals surface area contributed by atoms with Gasteiger partial charge in [-0.05, 0) is 86.1 Å². The zero-order chi connectivity index (χ0) is 31.4. The van der Waals surface area contributed by atoms with Crippen LogP contribution in [0.3, 0.4) is 0 Å². The first kappa shape index (κ1) is 28.3. The van der Waals surface area contributed by atoms with Crippen LogP contribution in [0.1, 0.15) is 0 Å². The van der Waals surface area contributed by atoms with Crippen molar-refractivity contribution >= 4 is 27.8 Å². The maximum atomic E-state index is 2.40. The van der Waals surface area contributed by atoms with Gasteiger partial charge in [0, 0.05) is 16.9 Å². The molecule has 8 aromatic rings. The minimum atomic E-state index is 1.11. The van der Waals surface area contributed by atoms with E-state index in [9.17, 15) is 0 Å². The third-order valence-corrected chi connectivity index (χ3v) is 8.85. The zero-order valence-corrected chi connectivity index (χ0v) is 26.0. The van der Waals surface area contributed by atoms with E-state index in [4.69, 9.17) is 0 Å². The fourth-order valence-electron chi connectivity index (χ4n) is 6.46. The Balaban J connectivity index is 1.27. The highest BCUT2D eigenvalue weighted by Gasteiger charge is 2.18. The van der Waals surface area contributed by atoms with Gasteiger partial charge in [0.1, 0.15) is 0 Å². The quantitative estimate of drug-likeness (QED) is 0.176. The number of para-hydroxylation sites is 1. The molecule has 0 heterocycles. The lowest BCUT2D eigenvalue weighted by Crippen LogP contribution is -2.11. The molecule has 0 aliphatic carbocycles. The molecule has 0 radical (unpaired) electrons. The average Bonchev–Trinajstić information content (AvgIpc) is 3.16. The molecule has 8 rings (SSSR count). The van der Waals surface area contributed by atoms with Gasteiger partial charge in [-0.15, -0.1) is 0 Å². The van der Waals surface area contributed by atoms with E-state index in [0.29, 0.717) is 0 Å². The molecule has 8 aromatic carbocycles. The van der Waals surface area contributed by atoms with Crippen molar-refractivity contribution in [2.75, 3.05) is 4.90 Å². The molecule has 0 saturated carbocycles. The second-order valence-electron chi connectivity index (χ2n) is 11.8. The first-order valence-electron chi connectivity index (χ1n) is 16.1. The van der Waals surface area contributed by atoms with Crippen LogP contribution in [0.2, 0.25) is 0 Å². The molecule has 47 heavy (non-hydrogen) atoms. The van der Waals surface area contributed by atoms with E-state index < -0.39 is 0 Å². The highest BCUT2D eigenvalue weighted by Crippen LogP contribution is 2.43. The van der Waals surface area contributed by atoms with Crippen molar-refractivity contribution in [3.8, 4) is 44.5 Å². The minimum absolute atomic E-state index is 1.11. The number of anilines is 3. The van der Waals surface area contributed by atoms with Crippen molar-refractivity contribution in [1.29, 1.82) is 0 Å². The van der Waals surface area contributed by atoms with Crippen molar-refractivity contribution in [3.05, 3.63) is 200 Å². The van der Waals surface area contributed by atoms with Gasteiger partial charge in [-0.2, -0.15) is 0 Å². The van der Waals surface area contributed by atoms with E-state index in [1.165, 1.54) is 55.3 Å². The Labute approximate surface area is 276 Å². The lowest BCUT2D eigenvalue weighted by atomic mass is 9.97. The van der Waals surface area contributed by atoms with Crippen LogP contribution in [-0.2, 0) is 0 Å². The van der Waals surface area contributed by atoms with Crippen molar-refractivity contribution in [1.82, 2.24) is 0 Å². The summed E-state index contributed by atoms with van der Waals surface area (Å²) in [6.07, 6.45) is 0. The predicted octanol–water partition coefficient (Wildman–Crippen LogP) is 13.0.